The molecule has 0 saturated carbocycles. The SMILES string of the molecule is CO/N=C(\C)c1ccc(O)c2c1CC1CC3CC(O)=C(C(N)=O)C(=O)C3C(O)=C1C2=O. The summed E-state index contributed by atoms with van der Waals surface area (Å²) in [5.41, 5.74) is 6.56. The minimum atomic E-state index is -1.13. The Labute approximate surface area is 177 Å². The van der Waals surface area contributed by atoms with Gasteiger partial charge in [0.2, 0.25) is 0 Å². The lowest BCUT2D eigenvalue weighted by Crippen LogP contribution is -2.43. The maximum absolute atomic E-state index is 13.4. The number of Topliss-reactive ketones (excluding diaryl/α,β-unsaturated/α-hetero) is 2. The first-order chi connectivity index (χ1) is 14.7. The number of aliphatic hydroxyl groups excluding tert-OH is 2. The van der Waals surface area contributed by atoms with Crippen LogP contribution in [0.1, 0.15) is 41.3 Å². The van der Waals surface area contributed by atoms with Crippen molar-refractivity contribution in [2.45, 2.75) is 26.2 Å². The number of amides is 1. The minimum absolute atomic E-state index is 0.000620. The van der Waals surface area contributed by atoms with E-state index in [4.69, 9.17) is 10.6 Å². The number of hydrogen-bond acceptors (Lipinski definition) is 8. The number of benzene rings is 1. The van der Waals surface area contributed by atoms with Crippen molar-refractivity contribution >= 4 is 23.2 Å². The topological polar surface area (TPSA) is 160 Å². The summed E-state index contributed by atoms with van der Waals surface area (Å²) >= 11 is 0. The quantitative estimate of drug-likeness (QED) is 0.326. The molecule has 0 radical (unpaired) electrons. The zero-order valence-corrected chi connectivity index (χ0v) is 17.0. The van der Waals surface area contributed by atoms with E-state index in [9.17, 15) is 29.7 Å². The van der Waals surface area contributed by atoms with Gasteiger partial charge in [-0.05, 0) is 49.3 Å². The van der Waals surface area contributed by atoms with Gasteiger partial charge in [0.15, 0.2) is 11.6 Å². The van der Waals surface area contributed by atoms with Gasteiger partial charge >= 0.3 is 0 Å². The second kappa shape index (κ2) is 7.26. The van der Waals surface area contributed by atoms with Crippen LogP contribution in [-0.4, -0.2) is 45.6 Å². The van der Waals surface area contributed by atoms with Gasteiger partial charge in [0.05, 0.1) is 17.2 Å². The summed E-state index contributed by atoms with van der Waals surface area (Å²) < 4.78 is 0. The Kier molecular flexibility index (Phi) is 4.83. The lowest BCUT2D eigenvalue weighted by Gasteiger charge is -2.41. The molecule has 5 N–H and O–H groups in total. The molecule has 3 aliphatic rings. The molecule has 0 spiro atoms. The van der Waals surface area contributed by atoms with E-state index < -0.39 is 46.6 Å². The number of aliphatic hydroxyl groups is 2. The normalized spacial score (nSPS) is 25.7. The van der Waals surface area contributed by atoms with Crippen molar-refractivity contribution in [3.63, 3.8) is 0 Å². The zero-order chi connectivity index (χ0) is 22.6. The highest BCUT2D eigenvalue weighted by Crippen LogP contribution is 2.49. The van der Waals surface area contributed by atoms with Crippen molar-refractivity contribution in [3.05, 3.63) is 51.5 Å². The molecular weight excluding hydrogens is 404 g/mol. The molecule has 1 aromatic carbocycles. The smallest absolute Gasteiger partial charge is 0.255 e. The summed E-state index contributed by atoms with van der Waals surface area (Å²) in [5.74, 6) is -5.50. The largest absolute Gasteiger partial charge is 0.511 e. The number of aromatic hydroxyl groups is 1. The number of nitrogens with two attached hydrogens (primary N) is 1. The molecule has 3 aliphatic carbocycles. The van der Waals surface area contributed by atoms with Crippen LogP contribution >= 0.6 is 0 Å². The molecule has 9 heteroatoms. The molecular formula is C22H22N2O7. The zero-order valence-electron chi connectivity index (χ0n) is 17.0. The van der Waals surface area contributed by atoms with Gasteiger partial charge in [-0.25, -0.2) is 0 Å². The molecule has 1 aromatic rings. The van der Waals surface area contributed by atoms with E-state index in [1.807, 2.05) is 0 Å². The Morgan fingerprint density at radius 1 is 1.19 bits per heavy atom. The third-order valence-electron chi connectivity index (χ3n) is 6.39. The van der Waals surface area contributed by atoms with Gasteiger partial charge in [-0.2, -0.15) is 0 Å². The van der Waals surface area contributed by atoms with Crippen LogP contribution in [0.15, 0.2) is 40.0 Å². The van der Waals surface area contributed by atoms with Gasteiger partial charge in [0, 0.05) is 17.6 Å². The number of nitrogens with zero attached hydrogens (tertiary/aromatic N) is 1. The molecule has 31 heavy (non-hydrogen) atoms. The monoisotopic (exact) mass is 426 g/mol. The fraction of sp³-hybridized carbons (Fsp3) is 0.364. The molecule has 0 fully saturated rings. The van der Waals surface area contributed by atoms with Gasteiger partial charge in [-0.3, -0.25) is 14.4 Å². The molecule has 9 nitrogen and oxygen atoms in total. The standard InChI is InChI=1S/C22H22N2O7/c1-8(24-31-2)11-3-4-13(25)17-12(11)6-9-5-10-7-14(26)18(22(23)30)21(29)16(10)19(27)15(9)20(17)28/h3-4,9-10,16,25-27H,5-7H2,1-2H3,(H2,23,30)/b24-8+. The van der Waals surface area contributed by atoms with Crippen LogP contribution in [-0.2, 0) is 20.8 Å². The molecule has 0 saturated heterocycles. The number of carbonyl (C=O) groups excluding carboxylic acids is 3. The number of carbonyl (C=O) groups is 3. The number of primary amides is 1. The van der Waals surface area contributed by atoms with Crippen LogP contribution in [0, 0.1) is 17.8 Å². The molecule has 0 aromatic heterocycles. The Hall–Kier alpha value is -3.62. The van der Waals surface area contributed by atoms with Crippen molar-refractivity contribution in [2.24, 2.45) is 28.6 Å². The predicted octanol–water partition coefficient (Wildman–Crippen LogP) is 1.84. The third-order valence-corrected chi connectivity index (χ3v) is 6.39. The maximum atomic E-state index is 13.4. The first-order valence-electron chi connectivity index (χ1n) is 9.84. The predicted molar refractivity (Wildman–Crippen MR) is 109 cm³/mol. The molecule has 4 rings (SSSR count). The van der Waals surface area contributed by atoms with Gasteiger partial charge in [0.1, 0.15) is 30.0 Å². The Balaban J connectivity index is 1.86. The summed E-state index contributed by atoms with van der Waals surface area (Å²) in [6.07, 6.45) is 0.665. The third kappa shape index (κ3) is 2.99. The second-order valence-electron chi connectivity index (χ2n) is 8.10. The molecule has 3 unspecified atom stereocenters. The van der Waals surface area contributed by atoms with Crippen molar-refractivity contribution in [1.29, 1.82) is 0 Å². The Morgan fingerprint density at radius 2 is 1.90 bits per heavy atom. The van der Waals surface area contributed by atoms with Crippen LogP contribution < -0.4 is 5.73 Å². The lowest BCUT2D eigenvalue weighted by atomic mass is 9.62. The summed E-state index contributed by atoms with van der Waals surface area (Å²) in [5, 5.41) is 35.5. The van der Waals surface area contributed by atoms with Gasteiger partial charge in [-0.1, -0.05) is 5.16 Å². The fourth-order valence-electron chi connectivity index (χ4n) is 5.16. The molecule has 3 atom stereocenters. The Morgan fingerprint density at radius 3 is 2.55 bits per heavy atom. The van der Waals surface area contributed by atoms with E-state index in [2.05, 4.69) is 5.16 Å². The van der Waals surface area contributed by atoms with Crippen molar-refractivity contribution in [1.82, 2.24) is 0 Å². The molecule has 162 valence electrons. The highest BCUT2D eigenvalue weighted by atomic mass is 16.6. The fourth-order valence-corrected chi connectivity index (χ4v) is 5.16. The summed E-state index contributed by atoms with van der Waals surface area (Å²) in [7, 11) is 1.40. The average molecular weight is 426 g/mol. The van der Waals surface area contributed by atoms with Gasteiger partial charge in [0.25, 0.3) is 5.91 Å². The van der Waals surface area contributed by atoms with E-state index in [1.54, 1.807) is 13.0 Å². The molecule has 0 aliphatic heterocycles. The van der Waals surface area contributed by atoms with Crippen LogP contribution in [0.5, 0.6) is 5.75 Å². The Bertz CT molecular complexity index is 1130. The van der Waals surface area contributed by atoms with Crippen molar-refractivity contribution in [2.75, 3.05) is 7.11 Å². The highest BCUT2D eigenvalue weighted by Gasteiger charge is 2.50. The van der Waals surface area contributed by atoms with Crippen LogP contribution in [0.25, 0.3) is 0 Å². The van der Waals surface area contributed by atoms with Crippen LogP contribution in [0.2, 0.25) is 0 Å². The van der Waals surface area contributed by atoms with Gasteiger partial charge in [-0.15, -0.1) is 0 Å². The highest BCUT2D eigenvalue weighted by molar-refractivity contribution is 6.22. The van der Waals surface area contributed by atoms with Crippen molar-refractivity contribution < 1.29 is 34.5 Å². The number of fused-ring (bicyclic) bond motifs is 3. The van der Waals surface area contributed by atoms with E-state index in [0.29, 0.717) is 29.7 Å². The van der Waals surface area contributed by atoms with Crippen LogP contribution in [0.3, 0.4) is 0 Å². The van der Waals surface area contributed by atoms with E-state index in [-0.39, 0.29) is 29.1 Å². The number of rotatable bonds is 3. The molecule has 1 amide bonds. The lowest BCUT2D eigenvalue weighted by molar-refractivity contribution is -0.126. The van der Waals surface area contributed by atoms with E-state index >= 15 is 0 Å². The average Bonchev–Trinajstić information content (AvgIpc) is 2.67. The summed E-state index contributed by atoms with van der Waals surface area (Å²) in [6, 6.07) is 3.03. The molecule has 0 bridgehead atoms. The van der Waals surface area contributed by atoms with Crippen LogP contribution in [0.4, 0.5) is 0 Å². The molecule has 0 heterocycles. The number of phenols is 1. The summed E-state index contributed by atoms with van der Waals surface area (Å²) in [6.45, 7) is 1.72. The number of phenolic OH excluding ortho intramolecular Hbond substituents is 1. The number of ketones is 2. The van der Waals surface area contributed by atoms with E-state index in [1.165, 1.54) is 13.2 Å². The van der Waals surface area contributed by atoms with E-state index in [0.717, 1.165) is 0 Å². The second-order valence-corrected chi connectivity index (χ2v) is 8.10. The number of allylic oxidation sites excluding steroid dienone is 3. The number of hydrogen-bond donors (Lipinski definition) is 4. The number of oxime groups is 1. The van der Waals surface area contributed by atoms with Crippen molar-refractivity contribution in [3.8, 4) is 5.75 Å². The summed E-state index contributed by atoms with van der Waals surface area (Å²) in [4.78, 5) is 42.7. The van der Waals surface area contributed by atoms with Gasteiger partial charge < -0.3 is 25.9 Å². The first-order valence-corrected chi connectivity index (χ1v) is 9.84. The first kappa shape index (κ1) is 20.6. The minimum Gasteiger partial charge on any atom is -0.511 e. The maximum Gasteiger partial charge on any atom is 0.255 e.